The number of amides is 1. The van der Waals surface area contributed by atoms with Gasteiger partial charge in [-0.3, -0.25) is 4.79 Å². The van der Waals surface area contributed by atoms with Crippen LogP contribution in [0.25, 0.3) is 0 Å². The Bertz CT molecular complexity index is 190. The van der Waals surface area contributed by atoms with Gasteiger partial charge in [-0.25, -0.2) is 0 Å². The predicted octanol–water partition coefficient (Wildman–Crippen LogP) is 0.853. The molecule has 1 rings (SSSR count). The van der Waals surface area contributed by atoms with E-state index in [1.165, 1.54) is 0 Å². The number of nitrogens with one attached hydrogen (secondary N) is 1. The lowest BCUT2D eigenvalue weighted by Gasteiger charge is -2.30. The van der Waals surface area contributed by atoms with Gasteiger partial charge in [-0.1, -0.05) is 20.8 Å². The first kappa shape index (κ1) is 10.5. The molecule has 0 aromatic heterocycles. The van der Waals surface area contributed by atoms with Crippen LogP contribution in [-0.4, -0.2) is 37.0 Å². The number of carbonyl (C=O) groups excluding carboxylic acids is 1. The summed E-state index contributed by atoms with van der Waals surface area (Å²) < 4.78 is 0. The number of hydrogen-bond donors (Lipinski definition) is 1. The van der Waals surface area contributed by atoms with Gasteiger partial charge in [0.05, 0.1) is 0 Å². The van der Waals surface area contributed by atoms with Gasteiger partial charge in [-0.15, -0.1) is 0 Å². The van der Waals surface area contributed by atoms with Crippen LogP contribution < -0.4 is 5.32 Å². The minimum atomic E-state index is -0.253. The van der Waals surface area contributed by atoms with Gasteiger partial charge in [0, 0.05) is 25.0 Å². The third kappa shape index (κ3) is 2.44. The molecule has 1 aliphatic heterocycles. The monoisotopic (exact) mass is 184 g/mol. The molecule has 0 radical (unpaired) electrons. The molecule has 0 bridgehead atoms. The molecular weight excluding hydrogens is 164 g/mol. The Morgan fingerprint density at radius 3 is 2.46 bits per heavy atom. The van der Waals surface area contributed by atoms with Crippen molar-refractivity contribution in [3.63, 3.8) is 0 Å². The summed E-state index contributed by atoms with van der Waals surface area (Å²) in [6.45, 7) is 7.88. The van der Waals surface area contributed by atoms with Gasteiger partial charge in [-0.2, -0.15) is 0 Å². The highest BCUT2D eigenvalue weighted by molar-refractivity contribution is 5.81. The van der Waals surface area contributed by atoms with Crippen molar-refractivity contribution >= 4 is 5.91 Å². The lowest BCUT2D eigenvalue weighted by Crippen LogP contribution is -2.44. The molecular formula is C10H20N2O. The number of likely N-dealkylation sites (N-methyl/N-ethyl adjacent to an activating group) is 1. The average Bonchev–Trinajstić information content (AvgIpc) is 2.51. The fraction of sp³-hybridized carbons (Fsp3) is 0.900. The van der Waals surface area contributed by atoms with Crippen molar-refractivity contribution in [1.29, 1.82) is 0 Å². The van der Waals surface area contributed by atoms with Crippen molar-refractivity contribution < 1.29 is 4.79 Å². The normalized spacial score (nSPS) is 23.2. The summed E-state index contributed by atoms with van der Waals surface area (Å²) in [5, 5.41) is 3.27. The van der Waals surface area contributed by atoms with E-state index in [1.807, 2.05) is 32.7 Å². The first-order chi connectivity index (χ1) is 5.93. The Balaban J connectivity index is 2.56. The lowest BCUT2D eigenvalue weighted by molar-refractivity contribution is -0.139. The summed E-state index contributed by atoms with van der Waals surface area (Å²) in [4.78, 5) is 13.7. The highest BCUT2D eigenvalue weighted by atomic mass is 16.2. The average molecular weight is 184 g/mol. The van der Waals surface area contributed by atoms with Crippen LogP contribution in [0.4, 0.5) is 0 Å². The molecule has 0 aliphatic carbocycles. The molecule has 3 nitrogen and oxygen atoms in total. The number of nitrogens with zero attached hydrogens (tertiary/aromatic N) is 1. The second-order valence-corrected chi connectivity index (χ2v) is 4.81. The minimum absolute atomic E-state index is 0.237. The molecule has 0 saturated carbocycles. The third-order valence-corrected chi connectivity index (χ3v) is 2.54. The summed E-state index contributed by atoms with van der Waals surface area (Å²) in [6.07, 6.45) is 1.08. The smallest absolute Gasteiger partial charge is 0.227 e. The van der Waals surface area contributed by atoms with E-state index in [2.05, 4.69) is 5.32 Å². The van der Waals surface area contributed by atoms with Gasteiger partial charge in [0.1, 0.15) is 0 Å². The van der Waals surface area contributed by atoms with E-state index in [4.69, 9.17) is 0 Å². The van der Waals surface area contributed by atoms with E-state index in [-0.39, 0.29) is 11.3 Å². The second-order valence-electron chi connectivity index (χ2n) is 4.81. The number of hydrogen-bond acceptors (Lipinski definition) is 2. The fourth-order valence-electron chi connectivity index (χ4n) is 1.66. The van der Waals surface area contributed by atoms with E-state index in [1.54, 1.807) is 0 Å². The van der Waals surface area contributed by atoms with E-state index in [0.29, 0.717) is 6.04 Å². The van der Waals surface area contributed by atoms with Crippen LogP contribution in [-0.2, 0) is 4.79 Å². The zero-order chi connectivity index (χ0) is 10.1. The van der Waals surface area contributed by atoms with Crippen molar-refractivity contribution in [1.82, 2.24) is 10.2 Å². The molecule has 3 heteroatoms. The van der Waals surface area contributed by atoms with Crippen molar-refractivity contribution in [3.8, 4) is 0 Å². The molecule has 13 heavy (non-hydrogen) atoms. The van der Waals surface area contributed by atoms with E-state index >= 15 is 0 Å². The molecule has 1 saturated heterocycles. The van der Waals surface area contributed by atoms with Crippen molar-refractivity contribution in [2.45, 2.75) is 33.2 Å². The molecule has 1 N–H and O–H groups in total. The van der Waals surface area contributed by atoms with Gasteiger partial charge >= 0.3 is 0 Å². The second kappa shape index (κ2) is 3.66. The predicted molar refractivity (Wildman–Crippen MR) is 53.5 cm³/mol. The highest BCUT2D eigenvalue weighted by Crippen LogP contribution is 2.19. The number of rotatable bonds is 1. The first-order valence-corrected chi connectivity index (χ1v) is 4.91. The Labute approximate surface area is 80.5 Å². The Kier molecular flexibility index (Phi) is 2.96. The Hall–Kier alpha value is -0.570. The van der Waals surface area contributed by atoms with Crippen LogP contribution in [0.3, 0.4) is 0 Å². The molecule has 1 atom stereocenters. The van der Waals surface area contributed by atoms with Crippen LogP contribution in [0.1, 0.15) is 27.2 Å². The van der Waals surface area contributed by atoms with Crippen LogP contribution >= 0.6 is 0 Å². The van der Waals surface area contributed by atoms with Gasteiger partial charge in [0.15, 0.2) is 0 Å². The topological polar surface area (TPSA) is 32.3 Å². The van der Waals surface area contributed by atoms with E-state index < -0.39 is 0 Å². The largest absolute Gasteiger partial charge is 0.341 e. The maximum atomic E-state index is 11.8. The molecule has 0 spiro atoms. The van der Waals surface area contributed by atoms with E-state index in [9.17, 15) is 4.79 Å². The number of carbonyl (C=O) groups is 1. The molecule has 0 aromatic rings. The molecule has 1 aliphatic rings. The Morgan fingerprint density at radius 1 is 1.46 bits per heavy atom. The molecule has 76 valence electrons. The maximum Gasteiger partial charge on any atom is 0.227 e. The third-order valence-electron chi connectivity index (χ3n) is 2.54. The molecule has 1 amide bonds. The van der Waals surface area contributed by atoms with Crippen molar-refractivity contribution in [2.75, 3.05) is 20.1 Å². The van der Waals surface area contributed by atoms with Gasteiger partial charge in [-0.05, 0) is 13.0 Å². The quantitative estimate of drug-likeness (QED) is 0.655. The van der Waals surface area contributed by atoms with Gasteiger partial charge < -0.3 is 10.2 Å². The summed E-state index contributed by atoms with van der Waals surface area (Å²) in [5.41, 5.74) is -0.253. The standard InChI is InChI=1S/C10H20N2O/c1-10(2,3)9(13)12(4)8-5-6-11-7-8/h8,11H,5-7H2,1-4H3. The Morgan fingerprint density at radius 2 is 2.08 bits per heavy atom. The minimum Gasteiger partial charge on any atom is -0.341 e. The molecule has 1 fully saturated rings. The van der Waals surface area contributed by atoms with Crippen molar-refractivity contribution in [3.05, 3.63) is 0 Å². The maximum absolute atomic E-state index is 11.8. The molecule has 1 heterocycles. The van der Waals surface area contributed by atoms with Crippen molar-refractivity contribution in [2.24, 2.45) is 5.41 Å². The lowest BCUT2D eigenvalue weighted by atomic mass is 9.94. The first-order valence-electron chi connectivity index (χ1n) is 4.91. The van der Waals surface area contributed by atoms with Gasteiger partial charge in [0.25, 0.3) is 0 Å². The fourth-order valence-corrected chi connectivity index (χ4v) is 1.66. The van der Waals surface area contributed by atoms with Crippen LogP contribution in [0.5, 0.6) is 0 Å². The molecule has 1 unspecified atom stereocenters. The van der Waals surface area contributed by atoms with Crippen LogP contribution in [0.2, 0.25) is 0 Å². The van der Waals surface area contributed by atoms with Gasteiger partial charge in [0.2, 0.25) is 5.91 Å². The summed E-state index contributed by atoms with van der Waals surface area (Å²) >= 11 is 0. The summed E-state index contributed by atoms with van der Waals surface area (Å²) in [7, 11) is 1.91. The zero-order valence-corrected chi connectivity index (χ0v) is 9.05. The summed E-state index contributed by atoms with van der Waals surface area (Å²) in [6, 6.07) is 0.395. The summed E-state index contributed by atoms with van der Waals surface area (Å²) in [5.74, 6) is 0.237. The zero-order valence-electron chi connectivity index (χ0n) is 9.05. The van der Waals surface area contributed by atoms with E-state index in [0.717, 1.165) is 19.5 Å². The highest BCUT2D eigenvalue weighted by Gasteiger charge is 2.30. The van der Waals surface area contributed by atoms with Crippen LogP contribution in [0, 0.1) is 5.41 Å². The molecule has 0 aromatic carbocycles. The van der Waals surface area contributed by atoms with Crippen LogP contribution in [0.15, 0.2) is 0 Å². The SMILES string of the molecule is CN(C(=O)C(C)(C)C)C1CCNC1.